The molecular weight excluding hydrogens is 470 g/mol. The average molecular weight is 514 g/mol. The highest BCUT2D eigenvalue weighted by Gasteiger charge is 2.54. The third-order valence-corrected chi connectivity index (χ3v) is 7.96. The number of rotatable bonds is 8. The van der Waals surface area contributed by atoms with Gasteiger partial charge in [0, 0.05) is 12.2 Å². The number of nitrogens with zero attached hydrogens (tertiary/aromatic N) is 2. The third-order valence-electron chi connectivity index (χ3n) is 7.96. The van der Waals surface area contributed by atoms with Gasteiger partial charge in [-0.05, 0) is 74.8 Å². The second-order valence-electron chi connectivity index (χ2n) is 11.7. The van der Waals surface area contributed by atoms with Crippen molar-refractivity contribution in [2.24, 2.45) is 5.41 Å². The van der Waals surface area contributed by atoms with Crippen LogP contribution < -0.4 is 5.32 Å². The number of Topliss-reactive ketones (excluding diaryl/α,β-unsaturated/α-hetero) is 1. The van der Waals surface area contributed by atoms with Crippen molar-refractivity contribution >= 4 is 17.6 Å². The SMILES string of the molecule is CCCN1CCC(c2ccc(C(=O)NC(C(=O)N3C[C@H](OCC)[C@H]4OCC(=O)[C@H]43)C(C)(C)C)cc2)CC1. The Kier molecular flexibility index (Phi) is 8.71. The molecule has 3 fully saturated rings. The van der Waals surface area contributed by atoms with E-state index in [9.17, 15) is 14.4 Å². The van der Waals surface area contributed by atoms with E-state index in [1.54, 1.807) is 4.90 Å². The highest BCUT2D eigenvalue weighted by molar-refractivity contribution is 5.99. The van der Waals surface area contributed by atoms with Crippen LogP contribution in [0.15, 0.2) is 24.3 Å². The van der Waals surface area contributed by atoms with Crippen molar-refractivity contribution in [1.82, 2.24) is 15.1 Å². The lowest BCUT2D eigenvalue weighted by atomic mass is 9.85. The monoisotopic (exact) mass is 513 g/mol. The van der Waals surface area contributed by atoms with Gasteiger partial charge >= 0.3 is 0 Å². The van der Waals surface area contributed by atoms with Gasteiger partial charge in [0.1, 0.15) is 30.9 Å². The van der Waals surface area contributed by atoms with Crippen LogP contribution in [-0.4, -0.2) is 91.1 Å². The lowest BCUT2D eigenvalue weighted by Gasteiger charge is -2.35. The van der Waals surface area contributed by atoms with Crippen LogP contribution in [0.1, 0.15) is 75.7 Å². The summed E-state index contributed by atoms with van der Waals surface area (Å²) >= 11 is 0. The fourth-order valence-electron chi connectivity index (χ4n) is 5.94. The number of hydrogen-bond acceptors (Lipinski definition) is 6. The van der Waals surface area contributed by atoms with E-state index in [1.807, 2.05) is 39.8 Å². The highest BCUT2D eigenvalue weighted by Crippen LogP contribution is 2.33. The second-order valence-corrected chi connectivity index (χ2v) is 11.7. The molecule has 204 valence electrons. The van der Waals surface area contributed by atoms with Gasteiger partial charge in [-0.1, -0.05) is 39.8 Å². The number of hydrogen-bond donors (Lipinski definition) is 1. The molecule has 0 aromatic heterocycles. The van der Waals surface area contributed by atoms with Gasteiger partial charge in [-0.25, -0.2) is 0 Å². The minimum atomic E-state index is -0.794. The Morgan fingerprint density at radius 3 is 2.41 bits per heavy atom. The molecule has 8 nitrogen and oxygen atoms in total. The second kappa shape index (κ2) is 11.6. The number of ether oxygens (including phenoxy) is 2. The Morgan fingerprint density at radius 1 is 1.14 bits per heavy atom. The molecule has 0 saturated carbocycles. The van der Waals surface area contributed by atoms with E-state index in [2.05, 4.69) is 29.3 Å². The van der Waals surface area contributed by atoms with Crippen LogP contribution in [0.25, 0.3) is 0 Å². The summed E-state index contributed by atoms with van der Waals surface area (Å²) < 4.78 is 11.5. The predicted octanol–water partition coefficient (Wildman–Crippen LogP) is 3.00. The number of amides is 2. The quantitative estimate of drug-likeness (QED) is 0.575. The first-order chi connectivity index (χ1) is 17.6. The Balaban J connectivity index is 1.44. The average Bonchev–Trinajstić information content (AvgIpc) is 3.43. The maximum atomic E-state index is 13.8. The first-order valence-electron chi connectivity index (χ1n) is 13.8. The van der Waals surface area contributed by atoms with Gasteiger partial charge in [0.2, 0.25) is 5.91 Å². The van der Waals surface area contributed by atoms with Crippen molar-refractivity contribution in [3.63, 3.8) is 0 Å². The molecule has 0 spiro atoms. The van der Waals surface area contributed by atoms with E-state index >= 15 is 0 Å². The summed E-state index contributed by atoms with van der Waals surface area (Å²) in [4.78, 5) is 43.7. The number of carbonyl (C=O) groups excluding carboxylic acids is 3. The molecule has 37 heavy (non-hydrogen) atoms. The van der Waals surface area contributed by atoms with Crippen LogP contribution in [0.3, 0.4) is 0 Å². The van der Waals surface area contributed by atoms with Crippen LogP contribution >= 0.6 is 0 Å². The number of ketones is 1. The maximum Gasteiger partial charge on any atom is 0.251 e. The molecule has 1 N–H and O–H groups in total. The molecule has 8 heteroatoms. The summed E-state index contributed by atoms with van der Waals surface area (Å²) in [5, 5.41) is 2.98. The van der Waals surface area contributed by atoms with Crippen molar-refractivity contribution in [3.05, 3.63) is 35.4 Å². The number of likely N-dealkylation sites (tertiary alicyclic amines) is 2. The van der Waals surface area contributed by atoms with Gasteiger partial charge in [0.15, 0.2) is 5.78 Å². The molecule has 1 unspecified atom stereocenters. The molecule has 2 amide bonds. The molecule has 3 aliphatic heterocycles. The van der Waals surface area contributed by atoms with Crippen molar-refractivity contribution in [3.8, 4) is 0 Å². The number of piperidine rings is 1. The first-order valence-corrected chi connectivity index (χ1v) is 13.8. The highest BCUT2D eigenvalue weighted by atomic mass is 16.6. The van der Waals surface area contributed by atoms with Crippen molar-refractivity contribution in [1.29, 1.82) is 0 Å². The van der Waals surface area contributed by atoms with Crippen LogP contribution in [-0.2, 0) is 19.1 Å². The summed E-state index contributed by atoms with van der Waals surface area (Å²) in [7, 11) is 0. The fraction of sp³-hybridized carbons (Fsp3) is 0.690. The van der Waals surface area contributed by atoms with Crippen LogP contribution in [0.5, 0.6) is 0 Å². The fourth-order valence-corrected chi connectivity index (χ4v) is 5.94. The normalized spacial score (nSPS) is 25.8. The maximum absolute atomic E-state index is 13.8. The van der Waals surface area contributed by atoms with E-state index in [4.69, 9.17) is 9.47 Å². The summed E-state index contributed by atoms with van der Waals surface area (Å²) in [6, 6.07) is 6.37. The van der Waals surface area contributed by atoms with Crippen molar-refractivity contribution in [2.75, 3.05) is 39.4 Å². The van der Waals surface area contributed by atoms with Crippen LogP contribution in [0, 0.1) is 5.41 Å². The number of nitrogens with one attached hydrogen (secondary N) is 1. The summed E-state index contributed by atoms with van der Waals surface area (Å²) in [6.07, 6.45) is 2.66. The molecule has 0 radical (unpaired) electrons. The van der Waals surface area contributed by atoms with E-state index in [0.29, 0.717) is 18.1 Å². The smallest absolute Gasteiger partial charge is 0.251 e. The van der Waals surface area contributed by atoms with E-state index in [0.717, 1.165) is 32.5 Å². The Morgan fingerprint density at radius 2 is 1.81 bits per heavy atom. The largest absolute Gasteiger partial charge is 0.374 e. The van der Waals surface area contributed by atoms with Crippen LogP contribution in [0.4, 0.5) is 0 Å². The van der Waals surface area contributed by atoms with Gasteiger partial charge in [-0.15, -0.1) is 0 Å². The topological polar surface area (TPSA) is 88.2 Å². The van der Waals surface area contributed by atoms with E-state index < -0.39 is 23.6 Å². The molecule has 1 aromatic carbocycles. The third kappa shape index (κ3) is 6.07. The number of fused-ring (bicyclic) bond motifs is 1. The number of carbonyl (C=O) groups is 3. The lowest BCUT2D eigenvalue weighted by molar-refractivity contribution is -0.140. The van der Waals surface area contributed by atoms with E-state index in [1.165, 1.54) is 12.0 Å². The Labute approximate surface area is 221 Å². The van der Waals surface area contributed by atoms with E-state index in [-0.39, 0.29) is 36.9 Å². The van der Waals surface area contributed by atoms with Crippen LogP contribution in [0.2, 0.25) is 0 Å². The molecule has 0 bridgehead atoms. The summed E-state index contributed by atoms with van der Waals surface area (Å²) in [5.41, 5.74) is 1.24. The molecule has 4 rings (SSSR count). The summed E-state index contributed by atoms with van der Waals surface area (Å²) in [6.45, 7) is 14.0. The first kappa shape index (κ1) is 27.7. The zero-order valence-electron chi connectivity index (χ0n) is 23.0. The molecule has 4 atom stereocenters. The number of benzene rings is 1. The summed E-state index contributed by atoms with van der Waals surface area (Å²) in [5.74, 6) is -0.159. The van der Waals surface area contributed by atoms with Gasteiger partial charge in [-0.2, -0.15) is 0 Å². The molecule has 1 aromatic rings. The van der Waals surface area contributed by atoms with Gasteiger partial charge < -0.3 is 24.6 Å². The predicted molar refractivity (Wildman–Crippen MR) is 142 cm³/mol. The molecule has 3 heterocycles. The minimum Gasteiger partial charge on any atom is -0.374 e. The Bertz CT molecular complexity index is 965. The molecule has 3 aliphatic rings. The standard InChI is InChI=1S/C29H43N3O5/c1-6-14-31-15-12-20(13-16-31)19-8-10-21(11-9-19)27(34)30-26(29(3,4)5)28(35)32-17-23(36-7-2)25-24(32)22(33)18-37-25/h8-11,20,23-26H,6-7,12-18H2,1-5H3,(H,30,34)/t23-,24+,25+,26?/m0/s1. The van der Waals surface area contributed by atoms with Gasteiger partial charge in [0.05, 0.1) is 6.54 Å². The zero-order valence-corrected chi connectivity index (χ0v) is 23.0. The molecular formula is C29H43N3O5. The van der Waals surface area contributed by atoms with Gasteiger partial charge in [0.25, 0.3) is 5.91 Å². The van der Waals surface area contributed by atoms with Crippen molar-refractivity contribution in [2.45, 2.75) is 84.1 Å². The Hall–Kier alpha value is -2.29. The minimum absolute atomic E-state index is 0.0147. The lowest BCUT2D eigenvalue weighted by Crippen LogP contribution is -2.57. The van der Waals surface area contributed by atoms with Crippen molar-refractivity contribution < 1.29 is 23.9 Å². The van der Waals surface area contributed by atoms with Gasteiger partial charge in [-0.3, -0.25) is 14.4 Å². The zero-order chi connectivity index (χ0) is 26.7. The molecule has 3 saturated heterocycles. The molecule has 0 aliphatic carbocycles.